The van der Waals surface area contributed by atoms with Gasteiger partial charge in [0.1, 0.15) is 5.41 Å². The van der Waals surface area contributed by atoms with E-state index in [9.17, 15) is 9.90 Å². The van der Waals surface area contributed by atoms with Crippen molar-refractivity contribution >= 4 is 17.3 Å². The highest BCUT2D eigenvalue weighted by Crippen LogP contribution is 2.44. The van der Waals surface area contributed by atoms with Crippen LogP contribution in [-0.2, 0) is 10.2 Å². The van der Waals surface area contributed by atoms with Gasteiger partial charge in [-0.25, -0.2) is 0 Å². The molecule has 0 saturated heterocycles. The van der Waals surface area contributed by atoms with Gasteiger partial charge in [-0.15, -0.1) is 11.3 Å². The van der Waals surface area contributed by atoms with Gasteiger partial charge < -0.3 is 5.11 Å². The van der Waals surface area contributed by atoms with Crippen molar-refractivity contribution in [3.63, 3.8) is 0 Å². The Bertz CT molecular complexity index is 390. The van der Waals surface area contributed by atoms with E-state index >= 15 is 0 Å². The summed E-state index contributed by atoms with van der Waals surface area (Å²) in [5.74, 6) is -0.357. The molecular formula is C13H18O2S. The third-order valence-electron chi connectivity index (χ3n) is 3.87. The fraction of sp³-hybridized carbons (Fsp3) is 0.615. The minimum atomic E-state index is -0.671. The second-order valence-electron chi connectivity index (χ2n) is 4.90. The van der Waals surface area contributed by atoms with E-state index < -0.39 is 11.4 Å². The largest absolute Gasteiger partial charge is 0.481 e. The Morgan fingerprint density at radius 1 is 1.44 bits per heavy atom. The molecule has 3 heteroatoms. The van der Waals surface area contributed by atoms with E-state index in [-0.39, 0.29) is 0 Å². The number of carboxylic acid groups (broad SMARTS) is 1. The number of hydrogen-bond acceptors (Lipinski definition) is 2. The summed E-state index contributed by atoms with van der Waals surface area (Å²) in [6.45, 7) is 3.93. The summed E-state index contributed by atoms with van der Waals surface area (Å²) in [6.07, 6.45) is 4.47. The van der Waals surface area contributed by atoms with Crippen molar-refractivity contribution in [1.82, 2.24) is 0 Å². The van der Waals surface area contributed by atoms with Crippen LogP contribution >= 0.6 is 11.3 Å². The van der Waals surface area contributed by atoms with Gasteiger partial charge in [0, 0.05) is 9.75 Å². The number of hydrogen-bond donors (Lipinski definition) is 1. The molecule has 16 heavy (non-hydrogen) atoms. The lowest BCUT2D eigenvalue weighted by molar-refractivity contribution is -0.145. The first-order valence-corrected chi connectivity index (χ1v) is 6.67. The number of carboxylic acids is 1. The quantitative estimate of drug-likeness (QED) is 0.873. The number of carbonyl (C=O) groups is 1. The number of aryl methyl sites for hydroxylation is 1. The van der Waals surface area contributed by atoms with E-state index in [1.54, 1.807) is 11.3 Å². The van der Waals surface area contributed by atoms with Gasteiger partial charge in [-0.05, 0) is 44.7 Å². The fourth-order valence-electron chi connectivity index (χ4n) is 2.70. The lowest BCUT2D eigenvalue weighted by atomic mass is 9.75. The molecular weight excluding hydrogens is 220 g/mol. The van der Waals surface area contributed by atoms with Crippen LogP contribution < -0.4 is 0 Å². The molecule has 0 bridgehead atoms. The standard InChI is InChI=1S/C13H18O2S/c1-9-7-8-11(16-9)13(2,12(14)15)10-5-3-4-6-10/h7-8,10H,3-6H2,1-2H3,(H,14,15). The van der Waals surface area contributed by atoms with Crippen molar-refractivity contribution in [2.75, 3.05) is 0 Å². The zero-order valence-electron chi connectivity index (χ0n) is 9.82. The van der Waals surface area contributed by atoms with E-state index in [4.69, 9.17) is 0 Å². The van der Waals surface area contributed by atoms with Gasteiger partial charge in [0.15, 0.2) is 0 Å². The number of thiophene rings is 1. The maximum Gasteiger partial charge on any atom is 0.314 e. The molecule has 1 aliphatic carbocycles. The molecule has 1 aliphatic rings. The molecule has 1 heterocycles. The Balaban J connectivity index is 2.38. The fourth-order valence-corrected chi connectivity index (χ4v) is 3.78. The third-order valence-corrected chi connectivity index (χ3v) is 5.11. The summed E-state index contributed by atoms with van der Waals surface area (Å²) >= 11 is 1.63. The van der Waals surface area contributed by atoms with Crippen LogP contribution in [-0.4, -0.2) is 11.1 Å². The maximum absolute atomic E-state index is 11.6. The topological polar surface area (TPSA) is 37.3 Å². The Kier molecular flexibility index (Phi) is 3.06. The molecule has 1 N–H and O–H groups in total. The smallest absolute Gasteiger partial charge is 0.314 e. The summed E-state index contributed by atoms with van der Waals surface area (Å²) in [6, 6.07) is 4.02. The van der Waals surface area contributed by atoms with Crippen molar-refractivity contribution in [3.05, 3.63) is 21.9 Å². The maximum atomic E-state index is 11.6. The predicted octanol–water partition coefficient (Wildman–Crippen LogP) is 3.59. The summed E-state index contributed by atoms with van der Waals surface area (Å²) in [7, 11) is 0. The normalized spacial score (nSPS) is 20.9. The Morgan fingerprint density at radius 2 is 2.06 bits per heavy atom. The molecule has 0 radical (unpaired) electrons. The van der Waals surface area contributed by atoms with E-state index in [1.165, 1.54) is 17.7 Å². The molecule has 1 aromatic rings. The summed E-state index contributed by atoms with van der Waals surface area (Å²) in [5, 5.41) is 9.56. The van der Waals surface area contributed by atoms with E-state index in [0.717, 1.165) is 17.7 Å². The monoisotopic (exact) mass is 238 g/mol. The predicted molar refractivity (Wildman–Crippen MR) is 66.0 cm³/mol. The van der Waals surface area contributed by atoms with Crippen LogP contribution in [0, 0.1) is 12.8 Å². The molecule has 1 atom stereocenters. The van der Waals surface area contributed by atoms with Crippen molar-refractivity contribution in [1.29, 1.82) is 0 Å². The lowest BCUT2D eigenvalue weighted by Crippen LogP contribution is -2.38. The van der Waals surface area contributed by atoms with Gasteiger partial charge in [-0.3, -0.25) is 4.79 Å². The molecule has 1 unspecified atom stereocenters. The summed E-state index contributed by atoms with van der Waals surface area (Å²) in [4.78, 5) is 13.8. The first-order valence-electron chi connectivity index (χ1n) is 5.85. The van der Waals surface area contributed by atoms with Crippen LogP contribution in [0.3, 0.4) is 0 Å². The average Bonchev–Trinajstić information content (AvgIpc) is 2.86. The average molecular weight is 238 g/mol. The van der Waals surface area contributed by atoms with E-state index in [0.29, 0.717) is 5.92 Å². The van der Waals surface area contributed by atoms with Gasteiger partial charge in [0.2, 0.25) is 0 Å². The highest BCUT2D eigenvalue weighted by Gasteiger charge is 2.44. The molecule has 88 valence electrons. The highest BCUT2D eigenvalue weighted by molar-refractivity contribution is 7.12. The van der Waals surface area contributed by atoms with Crippen molar-refractivity contribution in [3.8, 4) is 0 Å². The van der Waals surface area contributed by atoms with Gasteiger partial charge >= 0.3 is 5.97 Å². The molecule has 2 nitrogen and oxygen atoms in total. The number of aliphatic carboxylic acids is 1. The van der Waals surface area contributed by atoms with E-state index in [1.807, 2.05) is 26.0 Å². The van der Waals surface area contributed by atoms with Crippen LogP contribution in [0.2, 0.25) is 0 Å². The summed E-state index contributed by atoms with van der Waals surface area (Å²) in [5.41, 5.74) is -0.671. The highest BCUT2D eigenvalue weighted by atomic mass is 32.1. The molecule has 1 saturated carbocycles. The molecule has 0 amide bonds. The lowest BCUT2D eigenvalue weighted by Gasteiger charge is -2.30. The first kappa shape index (κ1) is 11.6. The van der Waals surface area contributed by atoms with Gasteiger partial charge in [-0.2, -0.15) is 0 Å². The Hall–Kier alpha value is -0.830. The SMILES string of the molecule is Cc1ccc(C(C)(C(=O)O)C2CCCC2)s1. The second-order valence-corrected chi connectivity index (χ2v) is 6.19. The molecule has 0 spiro atoms. The molecule has 0 aromatic carbocycles. The molecule has 1 aromatic heterocycles. The van der Waals surface area contributed by atoms with Crippen LogP contribution in [0.5, 0.6) is 0 Å². The zero-order valence-corrected chi connectivity index (χ0v) is 10.6. The van der Waals surface area contributed by atoms with E-state index in [2.05, 4.69) is 0 Å². The van der Waals surface area contributed by atoms with Crippen molar-refractivity contribution < 1.29 is 9.90 Å². The van der Waals surface area contributed by atoms with Crippen LogP contribution in [0.15, 0.2) is 12.1 Å². The molecule has 0 aliphatic heterocycles. The number of rotatable bonds is 3. The van der Waals surface area contributed by atoms with Gasteiger partial charge in [0.25, 0.3) is 0 Å². The zero-order chi connectivity index (χ0) is 11.8. The van der Waals surface area contributed by atoms with Crippen LogP contribution in [0.1, 0.15) is 42.4 Å². The van der Waals surface area contributed by atoms with Gasteiger partial charge in [-0.1, -0.05) is 12.8 Å². The Labute approximate surface area is 100 Å². The molecule has 1 fully saturated rings. The minimum Gasteiger partial charge on any atom is -0.481 e. The van der Waals surface area contributed by atoms with Crippen molar-refractivity contribution in [2.45, 2.75) is 44.9 Å². The summed E-state index contributed by atoms with van der Waals surface area (Å²) < 4.78 is 0. The molecule has 2 rings (SSSR count). The Morgan fingerprint density at radius 3 is 2.50 bits per heavy atom. The van der Waals surface area contributed by atoms with Crippen molar-refractivity contribution in [2.24, 2.45) is 5.92 Å². The first-order chi connectivity index (χ1) is 7.55. The van der Waals surface area contributed by atoms with Crippen LogP contribution in [0.25, 0.3) is 0 Å². The second kappa shape index (κ2) is 4.21. The minimum absolute atomic E-state index is 0.308. The van der Waals surface area contributed by atoms with Gasteiger partial charge in [0.05, 0.1) is 0 Å². The van der Waals surface area contributed by atoms with Crippen LogP contribution in [0.4, 0.5) is 0 Å². The third kappa shape index (κ3) is 1.77.